The number of carbonyl (C=O) groups excluding carboxylic acids is 2. The molecule has 0 aliphatic heterocycles. The molecule has 1 atom stereocenters. The highest BCUT2D eigenvalue weighted by Crippen LogP contribution is 2.29. The standard InChI is InChI=1S/C36H39Cl2N3O5S/c1-4-6-22-39-36(43)34(5-2)40(24-27-14-21-32(37)33(38)23-27)35(42)25-41(47(44,45)31-19-12-26(3)13-20-31)28-15-17-30(18-16-28)46-29-10-8-7-9-11-29/h7-21,23,34H,4-6,22,24-25H2,1-3H3,(H,39,43). The second kappa shape index (κ2) is 16.7. The second-order valence-electron chi connectivity index (χ2n) is 11.1. The Balaban J connectivity index is 1.72. The summed E-state index contributed by atoms with van der Waals surface area (Å²) in [4.78, 5) is 29.2. The molecule has 4 aromatic rings. The van der Waals surface area contributed by atoms with Gasteiger partial charge in [-0.05, 0) is 86.0 Å². The Labute approximate surface area is 287 Å². The summed E-state index contributed by atoms with van der Waals surface area (Å²) in [5, 5.41) is 3.58. The molecule has 0 spiro atoms. The van der Waals surface area contributed by atoms with Crippen LogP contribution in [0.2, 0.25) is 10.0 Å². The van der Waals surface area contributed by atoms with Crippen molar-refractivity contribution in [2.75, 3.05) is 17.4 Å². The Hall–Kier alpha value is -4.05. The molecule has 248 valence electrons. The molecular weight excluding hydrogens is 657 g/mol. The van der Waals surface area contributed by atoms with E-state index in [1.54, 1.807) is 54.6 Å². The van der Waals surface area contributed by atoms with E-state index in [1.807, 2.05) is 51.1 Å². The number of nitrogens with zero attached hydrogens (tertiary/aromatic N) is 2. The first kappa shape index (κ1) is 35.8. The monoisotopic (exact) mass is 695 g/mol. The van der Waals surface area contributed by atoms with Gasteiger partial charge in [-0.3, -0.25) is 13.9 Å². The highest BCUT2D eigenvalue weighted by molar-refractivity contribution is 7.92. The van der Waals surface area contributed by atoms with E-state index < -0.39 is 28.5 Å². The van der Waals surface area contributed by atoms with Gasteiger partial charge in [0.05, 0.1) is 20.6 Å². The number of ether oxygens (including phenoxy) is 1. The lowest BCUT2D eigenvalue weighted by Gasteiger charge is -2.33. The van der Waals surface area contributed by atoms with Gasteiger partial charge >= 0.3 is 0 Å². The zero-order valence-corrected chi connectivity index (χ0v) is 29.0. The zero-order valence-electron chi connectivity index (χ0n) is 26.7. The van der Waals surface area contributed by atoms with Crippen molar-refractivity contribution in [2.24, 2.45) is 0 Å². The summed E-state index contributed by atoms with van der Waals surface area (Å²) < 4.78 is 35.3. The number of anilines is 1. The van der Waals surface area contributed by atoms with Gasteiger partial charge in [-0.2, -0.15) is 0 Å². The van der Waals surface area contributed by atoms with Gasteiger partial charge in [-0.15, -0.1) is 0 Å². The molecule has 1 N–H and O–H groups in total. The summed E-state index contributed by atoms with van der Waals surface area (Å²) >= 11 is 12.4. The first-order chi connectivity index (χ1) is 22.5. The van der Waals surface area contributed by atoms with Gasteiger partial charge in [-0.1, -0.05) is 85.4 Å². The fourth-order valence-electron chi connectivity index (χ4n) is 4.93. The third-order valence-corrected chi connectivity index (χ3v) is 10.1. The molecule has 1 unspecified atom stereocenters. The van der Waals surface area contributed by atoms with Crippen LogP contribution in [0.15, 0.2) is 102 Å². The molecular formula is C36H39Cl2N3O5S. The number of amides is 2. The number of rotatable bonds is 15. The molecule has 0 saturated carbocycles. The van der Waals surface area contributed by atoms with Crippen LogP contribution in [0.5, 0.6) is 11.5 Å². The lowest BCUT2D eigenvalue weighted by atomic mass is 10.1. The first-order valence-electron chi connectivity index (χ1n) is 15.5. The molecule has 4 aromatic carbocycles. The highest BCUT2D eigenvalue weighted by Gasteiger charge is 2.33. The third-order valence-electron chi connectivity index (χ3n) is 7.54. The van der Waals surface area contributed by atoms with Crippen LogP contribution in [0.25, 0.3) is 0 Å². The van der Waals surface area contributed by atoms with E-state index in [0.29, 0.717) is 40.1 Å². The number of sulfonamides is 1. The fraction of sp³-hybridized carbons (Fsp3) is 0.278. The van der Waals surface area contributed by atoms with E-state index in [1.165, 1.54) is 17.0 Å². The Bertz CT molecular complexity index is 1750. The van der Waals surface area contributed by atoms with Crippen molar-refractivity contribution in [2.45, 2.75) is 57.5 Å². The number of aryl methyl sites for hydroxylation is 1. The van der Waals surface area contributed by atoms with Gasteiger partial charge in [-0.25, -0.2) is 8.42 Å². The smallest absolute Gasteiger partial charge is 0.264 e. The molecule has 0 aliphatic rings. The van der Waals surface area contributed by atoms with Crippen LogP contribution >= 0.6 is 23.2 Å². The number of halogens is 2. The molecule has 47 heavy (non-hydrogen) atoms. The van der Waals surface area contributed by atoms with Crippen molar-refractivity contribution in [3.05, 3.63) is 118 Å². The number of hydrogen-bond acceptors (Lipinski definition) is 5. The van der Waals surface area contributed by atoms with Gasteiger partial charge in [0, 0.05) is 13.1 Å². The molecule has 0 aromatic heterocycles. The predicted molar refractivity (Wildman–Crippen MR) is 188 cm³/mol. The average molecular weight is 697 g/mol. The number of benzene rings is 4. The maximum absolute atomic E-state index is 14.3. The molecule has 0 radical (unpaired) electrons. The van der Waals surface area contributed by atoms with Crippen molar-refractivity contribution in [3.8, 4) is 11.5 Å². The van der Waals surface area contributed by atoms with E-state index in [-0.39, 0.29) is 23.0 Å². The molecule has 0 fully saturated rings. The molecule has 8 nitrogen and oxygen atoms in total. The summed E-state index contributed by atoms with van der Waals surface area (Å²) in [5.74, 6) is 0.244. The predicted octanol–water partition coefficient (Wildman–Crippen LogP) is 8.01. The van der Waals surface area contributed by atoms with E-state index in [2.05, 4.69) is 5.32 Å². The molecule has 0 saturated heterocycles. The normalized spacial score (nSPS) is 11.9. The maximum atomic E-state index is 14.3. The summed E-state index contributed by atoms with van der Waals surface area (Å²) in [6, 6.07) is 26.2. The highest BCUT2D eigenvalue weighted by atomic mass is 35.5. The maximum Gasteiger partial charge on any atom is 0.264 e. The van der Waals surface area contributed by atoms with Crippen LogP contribution in [0, 0.1) is 6.92 Å². The Morgan fingerprint density at radius 2 is 1.51 bits per heavy atom. The van der Waals surface area contributed by atoms with E-state index in [9.17, 15) is 18.0 Å². The van der Waals surface area contributed by atoms with Crippen molar-refractivity contribution in [1.29, 1.82) is 0 Å². The van der Waals surface area contributed by atoms with Crippen LogP contribution in [-0.4, -0.2) is 44.3 Å². The molecule has 0 bridgehead atoms. The fourth-order valence-corrected chi connectivity index (χ4v) is 6.67. The first-order valence-corrected chi connectivity index (χ1v) is 17.7. The largest absolute Gasteiger partial charge is 0.457 e. The van der Waals surface area contributed by atoms with E-state index >= 15 is 0 Å². The minimum absolute atomic E-state index is 0.0116. The Kier molecular flexibility index (Phi) is 12.7. The quantitative estimate of drug-likeness (QED) is 0.127. The van der Waals surface area contributed by atoms with Crippen molar-refractivity contribution in [1.82, 2.24) is 10.2 Å². The molecule has 4 rings (SSSR count). The Morgan fingerprint density at radius 1 is 0.851 bits per heavy atom. The summed E-state index contributed by atoms with van der Waals surface area (Å²) in [6.07, 6.45) is 1.99. The van der Waals surface area contributed by atoms with Crippen molar-refractivity contribution < 1.29 is 22.7 Å². The van der Waals surface area contributed by atoms with E-state index in [4.69, 9.17) is 27.9 Å². The van der Waals surface area contributed by atoms with Crippen LogP contribution in [0.3, 0.4) is 0 Å². The third kappa shape index (κ3) is 9.50. The van der Waals surface area contributed by atoms with Gasteiger partial charge in [0.2, 0.25) is 11.8 Å². The minimum atomic E-state index is -4.22. The van der Waals surface area contributed by atoms with Gasteiger partial charge in [0.1, 0.15) is 24.1 Å². The van der Waals surface area contributed by atoms with Gasteiger partial charge < -0.3 is 15.0 Å². The second-order valence-corrected chi connectivity index (χ2v) is 13.7. The van der Waals surface area contributed by atoms with Crippen LogP contribution in [-0.2, 0) is 26.2 Å². The van der Waals surface area contributed by atoms with Crippen LogP contribution < -0.4 is 14.4 Å². The number of unbranched alkanes of at least 4 members (excludes halogenated alkanes) is 1. The Morgan fingerprint density at radius 3 is 2.13 bits per heavy atom. The number of para-hydroxylation sites is 1. The molecule has 0 aliphatic carbocycles. The lowest BCUT2D eigenvalue weighted by Crippen LogP contribution is -2.52. The summed E-state index contributed by atoms with van der Waals surface area (Å²) in [6.45, 7) is 5.61. The molecule has 0 heterocycles. The SMILES string of the molecule is CCCCNC(=O)C(CC)N(Cc1ccc(Cl)c(Cl)c1)C(=O)CN(c1ccc(Oc2ccccc2)cc1)S(=O)(=O)c1ccc(C)cc1. The number of nitrogens with one attached hydrogen (secondary N) is 1. The van der Waals surface area contributed by atoms with Crippen molar-refractivity contribution in [3.63, 3.8) is 0 Å². The topological polar surface area (TPSA) is 96.0 Å². The molecule has 11 heteroatoms. The zero-order chi connectivity index (χ0) is 34.0. The number of carbonyl (C=O) groups is 2. The average Bonchev–Trinajstić information content (AvgIpc) is 3.06. The summed E-state index contributed by atoms with van der Waals surface area (Å²) in [7, 11) is -4.22. The number of hydrogen-bond donors (Lipinski definition) is 1. The minimum Gasteiger partial charge on any atom is -0.457 e. The van der Waals surface area contributed by atoms with Crippen LogP contribution in [0.1, 0.15) is 44.2 Å². The lowest BCUT2D eigenvalue weighted by molar-refractivity contribution is -0.140. The van der Waals surface area contributed by atoms with Crippen LogP contribution in [0.4, 0.5) is 5.69 Å². The van der Waals surface area contributed by atoms with Crippen molar-refractivity contribution >= 4 is 50.7 Å². The molecule has 2 amide bonds. The van der Waals surface area contributed by atoms with E-state index in [0.717, 1.165) is 22.7 Å². The summed E-state index contributed by atoms with van der Waals surface area (Å²) in [5.41, 5.74) is 1.79. The van der Waals surface area contributed by atoms with Gasteiger partial charge in [0.15, 0.2) is 0 Å². The van der Waals surface area contributed by atoms with Gasteiger partial charge in [0.25, 0.3) is 10.0 Å².